The van der Waals surface area contributed by atoms with Crippen LogP contribution < -0.4 is 5.73 Å². The van der Waals surface area contributed by atoms with Gasteiger partial charge in [0.15, 0.2) is 0 Å². The standard InChI is InChI=1S/C14H26N2O2/c1-18-13(17)14(15)8-6-7-12(11-14)16-9-4-2-3-5-10-16/h12H,2-11,15H2,1H3. The van der Waals surface area contributed by atoms with Crippen LogP contribution in [0.15, 0.2) is 0 Å². The third kappa shape index (κ3) is 3.04. The van der Waals surface area contributed by atoms with E-state index in [-0.39, 0.29) is 5.97 Å². The Morgan fingerprint density at radius 2 is 1.89 bits per heavy atom. The van der Waals surface area contributed by atoms with Gasteiger partial charge in [0.1, 0.15) is 5.54 Å². The molecule has 0 aromatic carbocycles. The van der Waals surface area contributed by atoms with Gasteiger partial charge in [0.25, 0.3) is 0 Å². The molecule has 2 N–H and O–H groups in total. The molecule has 0 amide bonds. The minimum atomic E-state index is -0.746. The summed E-state index contributed by atoms with van der Waals surface area (Å²) in [5, 5.41) is 0. The molecule has 18 heavy (non-hydrogen) atoms. The van der Waals surface area contributed by atoms with Gasteiger partial charge in [-0.25, -0.2) is 0 Å². The van der Waals surface area contributed by atoms with Crippen molar-refractivity contribution in [3.05, 3.63) is 0 Å². The van der Waals surface area contributed by atoms with E-state index in [9.17, 15) is 4.79 Å². The lowest BCUT2D eigenvalue weighted by Gasteiger charge is -2.40. The number of likely N-dealkylation sites (tertiary alicyclic amines) is 1. The molecule has 0 spiro atoms. The van der Waals surface area contributed by atoms with E-state index in [1.54, 1.807) is 0 Å². The van der Waals surface area contributed by atoms with Gasteiger partial charge in [-0.3, -0.25) is 4.79 Å². The van der Waals surface area contributed by atoms with Crippen LogP contribution in [0.2, 0.25) is 0 Å². The summed E-state index contributed by atoms with van der Waals surface area (Å²) in [6.07, 6.45) is 8.99. The van der Waals surface area contributed by atoms with Crippen LogP contribution in [-0.2, 0) is 9.53 Å². The minimum absolute atomic E-state index is 0.234. The van der Waals surface area contributed by atoms with Crippen LogP contribution in [-0.4, -0.2) is 42.6 Å². The predicted molar refractivity (Wildman–Crippen MR) is 71.2 cm³/mol. The topological polar surface area (TPSA) is 55.6 Å². The number of nitrogens with two attached hydrogens (primary N) is 1. The number of rotatable bonds is 2. The second-order valence-corrected chi connectivity index (χ2v) is 5.85. The van der Waals surface area contributed by atoms with E-state index in [1.807, 2.05) is 0 Å². The lowest BCUT2D eigenvalue weighted by molar-refractivity contribution is -0.149. The van der Waals surface area contributed by atoms with E-state index in [2.05, 4.69) is 4.90 Å². The van der Waals surface area contributed by atoms with Crippen LogP contribution >= 0.6 is 0 Å². The molecule has 1 aliphatic carbocycles. The Kier molecular flexibility index (Phi) is 4.62. The third-order valence-electron chi connectivity index (χ3n) is 4.51. The van der Waals surface area contributed by atoms with E-state index >= 15 is 0 Å². The first kappa shape index (κ1) is 13.8. The fourth-order valence-electron chi connectivity index (χ4n) is 3.44. The first-order valence-electron chi connectivity index (χ1n) is 7.27. The maximum Gasteiger partial charge on any atom is 0.325 e. The summed E-state index contributed by atoms with van der Waals surface area (Å²) in [7, 11) is 1.44. The van der Waals surface area contributed by atoms with Crippen LogP contribution in [0.1, 0.15) is 51.4 Å². The molecule has 1 heterocycles. The fraction of sp³-hybridized carbons (Fsp3) is 0.929. The molecular weight excluding hydrogens is 228 g/mol. The van der Waals surface area contributed by atoms with E-state index in [0.29, 0.717) is 6.04 Å². The zero-order valence-electron chi connectivity index (χ0n) is 11.5. The number of carbonyl (C=O) groups is 1. The van der Waals surface area contributed by atoms with Crippen molar-refractivity contribution in [3.8, 4) is 0 Å². The van der Waals surface area contributed by atoms with Crippen molar-refractivity contribution in [3.63, 3.8) is 0 Å². The summed E-state index contributed by atoms with van der Waals surface area (Å²) >= 11 is 0. The summed E-state index contributed by atoms with van der Waals surface area (Å²) in [4.78, 5) is 14.4. The van der Waals surface area contributed by atoms with Crippen molar-refractivity contribution in [2.75, 3.05) is 20.2 Å². The van der Waals surface area contributed by atoms with Crippen LogP contribution in [0.25, 0.3) is 0 Å². The largest absolute Gasteiger partial charge is 0.468 e. The molecule has 0 aromatic rings. The van der Waals surface area contributed by atoms with Crippen molar-refractivity contribution < 1.29 is 9.53 Å². The molecule has 104 valence electrons. The van der Waals surface area contributed by atoms with Gasteiger partial charge < -0.3 is 15.4 Å². The van der Waals surface area contributed by atoms with Crippen molar-refractivity contribution in [2.24, 2.45) is 5.73 Å². The maximum absolute atomic E-state index is 11.8. The molecule has 4 nitrogen and oxygen atoms in total. The van der Waals surface area contributed by atoms with Gasteiger partial charge in [-0.2, -0.15) is 0 Å². The van der Waals surface area contributed by atoms with Crippen LogP contribution in [0.4, 0.5) is 0 Å². The molecular formula is C14H26N2O2. The van der Waals surface area contributed by atoms with E-state index in [4.69, 9.17) is 10.5 Å². The Bertz CT molecular complexity index is 288. The lowest BCUT2D eigenvalue weighted by atomic mass is 9.79. The molecule has 2 fully saturated rings. The molecule has 2 atom stereocenters. The van der Waals surface area contributed by atoms with Gasteiger partial charge in [-0.1, -0.05) is 12.8 Å². The second-order valence-electron chi connectivity index (χ2n) is 5.85. The smallest absolute Gasteiger partial charge is 0.325 e. The number of esters is 1. The molecule has 0 bridgehead atoms. The highest BCUT2D eigenvalue weighted by molar-refractivity contribution is 5.80. The lowest BCUT2D eigenvalue weighted by Crippen LogP contribution is -2.56. The van der Waals surface area contributed by atoms with Crippen molar-refractivity contribution in [1.29, 1.82) is 0 Å². The average Bonchev–Trinajstić information content (AvgIpc) is 2.66. The number of hydrogen-bond acceptors (Lipinski definition) is 4. The van der Waals surface area contributed by atoms with Crippen LogP contribution in [0.5, 0.6) is 0 Å². The Hall–Kier alpha value is -0.610. The van der Waals surface area contributed by atoms with Crippen molar-refractivity contribution >= 4 is 5.97 Å². The van der Waals surface area contributed by atoms with Gasteiger partial charge in [0.2, 0.25) is 0 Å². The van der Waals surface area contributed by atoms with Crippen LogP contribution in [0, 0.1) is 0 Å². The van der Waals surface area contributed by atoms with Gasteiger partial charge in [0.05, 0.1) is 7.11 Å². The molecule has 0 radical (unpaired) electrons. The highest BCUT2D eigenvalue weighted by Crippen LogP contribution is 2.31. The molecule has 4 heteroatoms. The van der Waals surface area contributed by atoms with Gasteiger partial charge in [-0.15, -0.1) is 0 Å². The predicted octanol–water partition coefficient (Wildman–Crippen LogP) is 1.68. The minimum Gasteiger partial charge on any atom is -0.468 e. The van der Waals surface area contributed by atoms with Gasteiger partial charge >= 0.3 is 5.97 Å². The summed E-state index contributed by atoms with van der Waals surface area (Å²) in [5.41, 5.74) is 5.50. The fourth-order valence-corrected chi connectivity index (χ4v) is 3.44. The maximum atomic E-state index is 11.8. The summed E-state index contributed by atoms with van der Waals surface area (Å²) in [6, 6.07) is 0.473. The summed E-state index contributed by atoms with van der Waals surface area (Å²) < 4.78 is 4.87. The SMILES string of the molecule is COC(=O)C1(N)CCCC(N2CCCCCC2)C1. The highest BCUT2D eigenvalue weighted by atomic mass is 16.5. The Morgan fingerprint density at radius 3 is 2.50 bits per heavy atom. The Balaban J connectivity index is 1.98. The molecule has 1 saturated heterocycles. The number of carbonyl (C=O) groups excluding carboxylic acids is 1. The highest BCUT2D eigenvalue weighted by Gasteiger charge is 2.41. The molecule has 0 aromatic heterocycles. The Morgan fingerprint density at radius 1 is 1.22 bits per heavy atom. The van der Waals surface area contributed by atoms with Gasteiger partial charge in [-0.05, 0) is 51.6 Å². The van der Waals surface area contributed by atoms with E-state index < -0.39 is 5.54 Å². The zero-order chi connectivity index (χ0) is 13.0. The molecule has 1 aliphatic heterocycles. The number of nitrogens with zero attached hydrogens (tertiary/aromatic N) is 1. The number of methoxy groups -OCH3 is 1. The average molecular weight is 254 g/mol. The molecule has 2 rings (SSSR count). The van der Waals surface area contributed by atoms with E-state index in [0.717, 1.165) is 19.3 Å². The second kappa shape index (κ2) is 6.02. The van der Waals surface area contributed by atoms with Crippen molar-refractivity contribution in [2.45, 2.75) is 62.9 Å². The first-order chi connectivity index (χ1) is 8.65. The number of hydrogen-bond donors (Lipinski definition) is 1. The first-order valence-corrected chi connectivity index (χ1v) is 7.27. The number of ether oxygens (including phenoxy) is 1. The van der Waals surface area contributed by atoms with Gasteiger partial charge in [0, 0.05) is 6.04 Å². The summed E-state index contributed by atoms with van der Waals surface area (Å²) in [5.74, 6) is -0.234. The monoisotopic (exact) mass is 254 g/mol. The van der Waals surface area contributed by atoms with E-state index in [1.165, 1.54) is 52.3 Å². The quantitative estimate of drug-likeness (QED) is 0.762. The normalized spacial score (nSPS) is 34.9. The van der Waals surface area contributed by atoms with Crippen LogP contribution in [0.3, 0.4) is 0 Å². The molecule has 1 saturated carbocycles. The zero-order valence-corrected chi connectivity index (χ0v) is 11.5. The summed E-state index contributed by atoms with van der Waals surface area (Å²) in [6.45, 7) is 2.34. The Labute approximate surface area is 110 Å². The molecule has 2 aliphatic rings. The van der Waals surface area contributed by atoms with Crippen molar-refractivity contribution in [1.82, 2.24) is 4.90 Å². The molecule has 2 unspecified atom stereocenters. The third-order valence-corrected chi connectivity index (χ3v) is 4.51.